The molecule has 1 amide bonds. The van der Waals surface area contributed by atoms with Crippen molar-refractivity contribution in [3.05, 3.63) is 53.6 Å². The van der Waals surface area contributed by atoms with Gasteiger partial charge < -0.3 is 14.2 Å². The van der Waals surface area contributed by atoms with Crippen molar-refractivity contribution in [1.29, 1.82) is 0 Å². The quantitative estimate of drug-likeness (QED) is 0.537. The fourth-order valence-electron chi connectivity index (χ4n) is 2.25. The summed E-state index contributed by atoms with van der Waals surface area (Å²) in [5.41, 5.74) is 3.76. The van der Waals surface area contributed by atoms with Gasteiger partial charge in [-0.2, -0.15) is 5.10 Å². The third-order valence-corrected chi connectivity index (χ3v) is 3.83. The van der Waals surface area contributed by atoms with Crippen molar-refractivity contribution in [2.24, 2.45) is 11.0 Å². The van der Waals surface area contributed by atoms with Crippen LogP contribution in [0.2, 0.25) is 0 Å². The summed E-state index contributed by atoms with van der Waals surface area (Å²) in [4.78, 5) is 12.2. The molecule has 0 saturated heterocycles. The number of carbonyl (C=O) groups is 1. The Bertz CT molecular complexity index is 748. The second-order valence-corrected chi connectivity index (χ2v) is 6.40. The van der Waals surface area contributed by atoms with Gasteiger partial charge in [0.05, 0.1) is 27.0 Å². The maximum absolute atomic E-state index is 12.2. The van der Waals surface area contributed by atoms with Gasteiger partial charge in [0, 0.05) is 17.2 Å². The van der Waals surface area contributed by atoms with Crippen molar-refractivity contribution in [2.45, 2.75) is 20.3 Å². The van der Waals surface area contributed by atoms with Gasteiger partial charge in [-0.15, -0.1) is 0 Å². The first kappa shape index (κ1) is 20.3. The third kappa shape index (κ3) is 6.66. The number of nitrogens with one attached hydrogen (secondary N) is 1. The minimum Gasteiger partial charge on any atom is -0.497 e. The van der Waals surface area contributed by atoms with E-state index in [1.807, 2.05) is 0 Å². The van der Waals surface area contributed by atoms with E-state index in [-0.39, 0.29) is 5.91 Å². The Balaban J connectivity index is 1.92. The minimum absolute atomic E-state index is 0.296. The number of ether oxygens (including phenoxy) is 3. The van der Waals surface area contributed by atoms with Gasteiger partial charge in [-0.25, -0.2) is 5.43 Å². The van der Waals surface area contributed by atoms with E-state index in [4.69, 9.17) is 14.2 Å². The zero-order valence-electron chi connectivity index (χ0n) is 16.2. The molecule has 0 heterocycles. The molecule has 2 aromatic carbocycles. The summed E-state index contributed by atoms with van der Waals surface area (Å²) in [6.45, 7) is 4.97. The second-order valence-electron chi connectivity index (χ2n) is 6.40. The van der Waals surface area contributed by atoms with Crippen LogP contribution in [0.3, 0.4) is 0 Å². The van der Waals surface area contributed by atoms with Crippen molar-refractivity contribution in [2.75, 3.05) is 20.8 Å². The van der Waals surface area contributed by atoms with Gasteiger partial charge in [0.1, 0.15) is 17.2 Å². The topological polar surface area (TPSA) is 69.2 Å². The summed E-state index contributed by atoms with van der Waals surface area (Å²) in [5.74, 6) is 2.34. The number of hydrogen-bond donors (Lipinski definition) is 1. The smallest absolute Gasteiger partial charge is 0.271 e. The lowest BCUT2D eigenvalue weighted by Gasteiger charge is -2.08. The molecule has 0 unspecified atom stereocenters. The monoisotopic (exact) mass is 370 g/mol. The zero-order valence-corrected chi connectivity index (χ0v) is 16.2. The van der Waals surface area contributed by atoms with Gasteiger partial charge in [-0.3, -0.25) is 4.79 Å². The van der Waals surface area contributed by atoms with Crippen molar-refractivity contribution < 1.29 is 19.0 Å². The maximum atomic E-state index is 12.2. The van der Waals surface area contributed by atoms with E-state index in [2.05, 4.69) is 24.4 Å². The van der Waals surface area contributed by atoms with E-state index in [9.17, 15) is 4.79 Å². The number of methoxy groups -OCH3 is 2. The molecular weight excluding hydrogens is 344 g/mol. The van der Waals surface area contributed by atoms with Crippen molar-refractivity contribution in [3.8, 4) is 17.2 Å². The predicted octanol–water partition coefficient (Wildman–Crippen LogP) is 3.89. The molecule has 0 fully saturated rings. The average molecular weight is 370 g/mol. The number of rotatable bonds is 9. The Labute approximate surface area is 160 Å². The van der Waals surface area contributed by atoms with E-state index in [1.165, 1.54) is 6.21 Å². The van der Waals surface area contributed by atoms with E-state index < -0.39 is 0 Å². The number of amides is 1. The Kier molecular flexibility index (Phi) is 7.67. The van der Waals surface area contributed by atoms with E-state index >= 15 is 0 Å². The summed E-state index contributed by atoms with van der Waals surface area (Å²) < 4.78 is 16.1. The fraction of sp³-hybridized carbons (Fsp3) is 0.333. The first-order valence-electron chi connectivity index (χ1n) is 8.81. The molecule has 2 aromatic rings. The molecule has 2 rings (SSSR count). The predicted molar refractivity (Wildman–Crippen MR) is 106 cm³/mol. The molecule has 0 bridgehead atoms. The number of hydrogen-bond acceptors (Lipinski definition) is 5. The SMILES string of the molecule is COc1cc(/C=N\NC(=O)c2ccc(OCCC(C)C)cc2)cc(OC)c1. The summed E-state index contributed by atoms with van der Waals surface area (Å²) in [7, 11) is 3.15. The third-order valence-electron chi connectivity index (χ3n) is 3.83. The number of hydrazone groups is 1. The molecule has 0 aliphatic rings. The summed E-state index contributed by atoms with van der Waals surface area (Å²) in [6.07, 6.45) is 2.53. The Morgan fingerprint density at radius 1 is 1.04 bits per heavy atom. The normalized spacial score (nSPS) is 10.9. The lowest BCUT2D eigenvalue weighted by molar-refractivity contribution is 0.0955. The standard InChI is InChI=1S/C21H26N2O4/c1-15(2)9-10-27-18-7-5-17(6-8-18)21(24)23-22-14-16-11-19(25-3)13-20(12-16)26-4/h5-8,11-15H,9-10H2,1-4H3,(H,23,24)/b22-14-. The van der Waals surface area contributed by atoms with Crippen LogP contribution in [0.5, 0.6) is 17.2 Å². The second kappa shape index (κ2) is 10.2. The first-order valence-corrected chi connectivity index (χ1v) is 8.81. The lowest BCUT2D eigenvalue weighted by atomic mass is 10.1. The van der Waals surface area contributed by atoms with Crippen LogP contribution in [-0.2, 0) is 0 Å². The highest BCUT2D eigenvalue weighted by Crippen LogP contribution is 2.21. The Morgan fingerprint density at radius 3 is 2.22 bits per heavy atom. The number of carbonyl (C=O) groups excluding carboxylic acids is 1. The molecule has 6 nitrogen and oxygen atoms in total. The molecular formula is C21H26N2O4. The largest absolute Gasteiger partial charge is 0.497 e. The number of benzene rings is 2. The molecule has 1 N–H and O–H groups in total. The van der Waals surface area contributed by atoms with Gasteiger partial charge in [-0.1, -0.05) is 13.8 Å². The molecule has 0 spiro atoms. The molecule has 6 heteroatoms. The van der Waals surface area contributed by atoms with Crippen LogP contribution in [0.4, 0.5) is 0 Å². The van der Waals surface area contributed by atoms with Crippen LogP contribution < -0.4 is 19.6 Å². The van der Waals surface area contributed by atoms with Crippen LogP contribution in [0.1, 0.15) is 36.2 Å². The van der Waals surface area contributed by atoms with Crippen molar-refractivity contribution in [3.63, 3.8) is 0 Å². The van der Waals surface area contributed by atoms with Gasteiger partial charge in [0.2, 0.25) is 0 Å². The van der Waals surface area contributed by atoms with Gasteiger partial charge in [-0.05, 0) is 48.7 Å². The van der Waals surface area contributed by atoms with E-state index in [1.54, 1.807) is 56.7 Å². The van der Waals surface area contributed by atoms with E-state index in [0.717, 1.165) is 17.7 Å². The van der Waals surface area contributed by atoms with E-state index in [0.29, 0.717) is 29.6 Å². The zero-order chi connectivity index (χ0) is 19.6. The summed E-state index contributed by atoms with van der Waals surface area (Å²) in [6, 6.07) is 12.3. The lowest BCUT2D eigenvalue weighted by Crippen LogP contribution is -2.17. The van der Waals surface area contributed by atoms with Crippen molar-refractivity contribution >= 4 is 12.1 Å². The highest BCUT2D eigenvalue weighted by Gasteiger charge is 2.05. The molecule has 0 radical (unpaired) electrons. The molecule has 0 atom stereocenters. The van der Waals surface area contributed by atoms with Crippen LogP contribution in [0.25, 0.3) is 0 Å². The highest BCUT2D eigenvalue weighted by atomic mass is 16.5. The van der Waals surface area contributed by atoms with Gasteiger partial charge in [0.25, 0.3) is 5.91 Å². The van der Waals surface area contributed by atoms with Crippen LogP contribution >= 0.6 is 0 Å². The van der Waals surface area contributed by atoms with Crippen molar-refractivity contribution in [1.82, 2.24) is 5.43 Å². The molecule has 0 aliphatic heterocycles. The van der Waals surface area contributed by atoms with Crippen LogP contribution in [0.15, 0.2) is 47.6 Å². The molecule has 0 aliphatic carbocycles. The Hall–Kier alpha value is -3.02. The Morgan fingerprint density at radius 2 is 1.67 bits per heavy atom. The molecule has 144 valence electrons. The first-order chi connectivity index (χ1) is 13.0. The average Bonchev–Trinajstić information content (AvgIpc) is 2.67. The van der Waals surface area contributed by atoms with Crippen LogP contribution in [-0.4, -0.2) is 32.9 Å². The number of nitrogens with zero attached hydrogens (tertiary/aromatic N) is 1. The maximum Gasteiger partial charge on any atom is 0.271 e. The highest BCUT2D eigenvalue weighted by molar-refractivity contribution is 5.95. The summed E-state index contributed by atoms with van der Waals surface area (Å²) >= 11 is 0. The molecule has 0 saturated carbocycles. The van der Waals surface area contributed by atoms with Gasteiger partial charge >= 0.3 is 0 Å². The molecule has 27 heavy (non-hydrogen) atoms. The summed E-state index contributed by atoms with van der Waals surface area (Å²) in [5, 5.41) is 3.99. The fourth-order valence-corrected chi connectivity index (χ4v) is 2.25. The van der Waals surface area contributed by atoms with Crippen LogP contribution in [0, 0.1) is 5.92 Å². The molecule has 0 aromatic heterocycles. The van der Waals surface area contributed by atoms with Gasteiger partial charge in [0.15, 0.2) is 0 Å². The minimum atomic E-state index is -0.296.